The lowest BCUT2D eigenvalue weighted by atomic mass is 10.0. The van der Waals surface area contributed by atoms with Crippen LogP contribution in [-0.2, 0) is 0 Å². The van der Waals surface area contributed by atoms with Gasteiger partial charge in [0.2, 0.25) is 0 Å². The van der Waals surface area contributed by atoms with E-state index in [4.69, 9.17) is 9.47 Å². The highest BCUT2D eigenvalue weighted by Gasteiger charge is 2.22. The predicted octanol–water partition coefficient (Wildman–Crippen LogP) is 5.86. The van der Waals surface area contributed by atoms with Crippen molar-refractivity contribution in [2.45, 2.75) is 0 Å². The van der Waals surface area contributed by atoms with Gasteiger partial charge in [0.25, 0.3) is 11.4 Å². The zero-order valence-corrected chi connectivity index (χ0v) is 17.4. The van der Waals surface area contributed by atoms with Gasteiger partial charge in [0.1, 0.15) is 11.5 Å². The van der Waals surface area contributed by atoms with Crippen LogP contribution in [0.1, 0.15) is 22.3 Å². The number of hydrogen-bond donors (Lipinski definition) is 0. The lowest BCUT2D eigenvalue weighted by Gasteiger charge is -2.06. The molecule has 0 saturated carbocycles. The van der Waals surface area contributed by atoms with Gasteiger partial charge in [0, 0.05) is 11.1 Å². The molecular weight excluding hydrogens is 412 g/mol. The topological polar surface area (TPSA) is 105 Å². The number of nitro groups is 2. The molecule has 0 radical (unpaired) electrons. The third kappa shape index (κ3) is 4.99. The first kappa shape index (κ1) is 22.2. The largest absolute Gasteiger partial charge is 0.496 e. The Bertz CT molecular complexity index is 1130. The monoisotopic (exact) mass is 432 g/mol. The highest BCUT2D eigenvalue weighted by molar-refractivity contribution is 5.83. The number of ether oxygens (including phenoxy) is 2. The van der Waals surface area contributed by atoms with Crippen LogP contribution < -0.4 is 9.47 Å². The van der Waals surface area contributed by atoms with Crippen molar-refractivity contribution in [3.8, 4) is 11.5 Å². The van der Waals surface area contributed by atoms with E-state index in [0.717, 1.165) is 6.07 Å². The second-order valence-corrected chi connectivity index (χ2v) is 6.63. The summed E-state index contributed by atoms with van der Waals surface area (Å²) in [7, 11) is 3.06. The van der Waals surface area contributed by atoms with Crippen molar-refractivity contribution in [2.75, 3.05) is 14.2 Å². The predicted molar refractivity (Wildman–Crippen MR) is 124 cm³/mol. The van der Waals surface area contributed by atoms with E-state index in [1.54, 1.807) is 48.6 Å². The number of methoxy groups -OCH3 is 2. The van der Waals surface area contributed by atoms with Crippen LogP contribution in [0.2, 0.25) is 0 Å². The third-order valence-corrected chi connectivity index (χ3v) is 4.73. The SMILES string of the molecule is COc1ccccc1/C=C\c1cc(/C=C/c2ccccc2OC)c([N+](=O)[O-])cc1[N+](=O)[O-]. The molecule has 0 aliphatic rings. The van der Waals surface area contributed by atoms with Gasteiger partial charge in [0.05, 0.1) is 41.3 Å². The van der Waals surface area contributed by atoms with Crippen LogP contribution in [0, 0.1) is 20.2 Å². The minimum absolute atomic E-state index is 0.228. The van der Waals surface area contributed by atoms with Crippen LogP contribution in [0.4, 0.5) is 11.4 Å². The Morgan fingerprint density at radius 1 is 0.625 bits per heavy atom. The lowest BCUT2D eigenvalue weighted by Crippen LogP contribution is -1.98. The molecule has 0 fully saturated rings. The Labute approximate surface area is 184 Å². The van der Waals surface area contributed by atoms with Gasteiger partial charge in [-0.2, -0.15) is 0 Å². The van der Waals surface area contributed by atoms with Crippen molar-refractivity contribution in [1.82, 2.24) is 0 Å². The lowest BCUT2D eigenvalue weighted by molar-refractivity contribution is -0.394. The number of benzene rings is 3. The quantitative estimate of drug-likeness (QED) is 0.251. The van der Waals surface area contributed by atoms with E-state index in [1.165, 1.54) is 20.3 Å². The van der Waals surface area contributed by atoms with Gasteiger partial charge in [-0.1, -0.05) is 48.6 Å². The Hall–Kier alpha value is -4.46. The fraction of sp³-hybridized carbons (Fsp3) is 0.0833. The minimum Gasteiger partial charge on any atom is -0.496 e. The summed E-state index contributed by atoms with van der Waals surface area (Å²) in [6.45, 7) is 0. The number of nitro benzene ring substituents is 2. The van der Waals surface area contributed by atoms with Crippen LogP contribution >= 0.6 is 0 Å². The molecule has 0 aromatic heterocycles. The van der Waals surface area contributed by atoms with Crippen molar-refractivity contribution >= 4 is 35.7 Å². The number of para-hydroxylation sites is 2. The Balaban J connectivity index is 2.11. The standard InChI is InChI=1S/C24H20N2O6/c1-31-23-9-5-3-7-17(23)11-13-19-15-20(22(26(29)30)16-21(19)25(27)28)14-12-18-8-4-6-10-24(18)32-2/h3-16H,1-2H3/b13-11-,14-12+. The molecule has 8 nitrogen and oxygen atoms in total. The Morgan fingerprint density at radius 2 is 1.00 bits per heavy atom. The molecule has 0 saturated heterocycles. The summed E-state index contributed by atoms with van der Waals surface area (Å²) in [4.78, 5) is 21.9. The fourth-order valence-electron chi connectivity index (χ4n) is 3.16. The molecule has 0 spiro atoms. The van der Waals surface area contributed by atoms with E-state index in [2.05, 4.69) is 0 Å². The van der Waals surface area contributed by atoms with Crippen molar-refractivity contribution in [3.63, 3.8) is 0 Å². The van der Waals surface area contributed by atoms with Gasteiger partial charge in [-0.15, -0.1) is 0 Å². The summed E-state index contributed by atoms with van der Waals surface area (Å²) in [6.07, 6.45) is 6.42. The molecule has 3 aromatic carbocycles. The van der Waals surface area contributed by atoms with Crippen molar-refractivity contribution in [1.29, 1.82) is 0 Å². The molecule has 32 heavy (non-hydrogen) atoms. The molecule has 3 rings (SSSR count). The molecule has 0 amide bonds. The zero-order chi connectivity index (χ0) is 23.1. The first-order valence-corrected chi connectivity index (χ1v) is 9.53. The Morgan fingerprint density at radius 3 is 1.38 bits per heavy atom. The van der Waals surface area contributed by atoms with E-state index in [1.807, 2.05) is 24.3 Å². The fourth-order valence-corrected chi connectivity index (χ4v) is 3.16. The van der Waals surface area contributed by atoms with Crippen LogP contribution in [0.25, 0.3) is 24.3 Å². The van der Waals surface area contributed by atoms with E-state index >= 15 is 0 Å². The first-order valence-electron chi connectivity index (χ1n) is 9.53. The molecule has 0 unspecified atom stereocenters. The van der Waals surface area contributed by atoms with Gasteiger partial charge >= 0.3 is 0 Å². The normalized spacial score (nSPS) is 11.1. The van der Waals surface area contributed by atoms with E-state index < -0.39 is 9.85 Å². The molecule has 0 N–H and O–H groups in total. The average molecular weight is 432 g/mol. The summed E-state index contributed by atoms with van der Waals surface area (Å²) in [5, 5.41) is 23.2. The van der Waals surface area contributed by atoms with E-state index in [9.17, 15) is 20.2 Å². The van der Waals surface area contributed by atoms with E-state index in [-0.39, 0.29) is 22.5 Å². The molecule has 0 aliphatic heterocycles. The van der Waals surface area contributed by atoms with Crippen molar-refractivity contribution in [2.24, 2.45) is 0 Å². The number of rotatable bonds is 8. The van der Waals surface area contributed by atoms with Crippen LogP contribution in [-0.4, -0.2) is 24.1 Å². The maximum atomic E-state index is 11.6. The molecule has 0 heterocycles. The smallest absolute Gasteiger partial charge is 0.283 e. The Kier molecular flexibility index (Phi) is 6.97. The molecule has 0 bridgehead atoms. The van der Waals surface area contributed by atoms with Crippen molar-refractivity contribution < 1.29 is 19.3 Å². The number of hydrogen-bond acceptors (Lipinski definition) is 6. The molecular formula is C24H20N2O6. The summed E-state index contributed by atoms with van der Waals surface area (Å²) in [6, 6.07) is 16.8. The first-order chi connectivity index (χ1) is 15.4. The van der Waals surface area contributed by atoms with Gasteiger partial charge in [0.15, 0.2) is 0 Å². The van der Waals surface area contributed by atoms with Gasteiger partial charge in [-0.25, -0.2) is 0 Å². The van der Waals surface area contributed by atoms with E-state index in [0.29, 0.717) is 22.6 Å². The van der Waals surface area contributed by atoms with Crippen LogP contribution in [0.3, 0.4) is 0 Å². The average Bonchev–Trinajstić information content (AvgIpc) is 2.81. The minimum atomic E-state index is -0.636. The van der Waals surface area contributed by atoms with Crippen molar-refractivity contribution in [3.05, 3.63) is 103 Å². The second-order valence-electron chi connectivity index (χ2n) is 6.63. The molecule has 162 valence electrons. The number of nitrogens with zero attached hydrogens (tertiary/aromatic N) is 2. The van der Waals surface area contributed by atoms with Gasteiger partial charge in [-0.3, -0.25) is 20.2 Å². The summed E-state index contributed by atoms with van der Waals surface area (Å²) < 4.78 is 10.6. The molecule has 0 aliphatic carbocycles. The zero-order valence-electron chi connectivity index (χ0n) is 17.4. The van der Waals surface area contributed by atoms with Gasteiger partial charge in [-0.05, 0) is 30.4 Å². The molecule has 0 atom stereocenters. The molecule has 8 heteroatoms. The van der Waals surface area contributed by atoms with Crippen LogP contribution in [0.5, 0.6) is 11.5 Å². The summed E-state index contributed by atoms with van der Waals surface area (Å²) in [5.74, 6) is 1.20. The van der Waals surface area contributed by atoms with Crippen LogP contribution in [0.15, 0.2) is 60.7 Å². The maximum Gasteiger partial charge on any atom is 0.283 e. The van der Waals surface area contributed by atoms with Gasteiger partial charge < -0.3 is 9.47 Å². The maximum absolute atomic E-state index is 11.6. The second kappa shape index (κ2) is 10.0. The highest BCUT2D eigenvalue weighted by Crippen LogP contribution is 2.33. The summed E-state index contributed by atoms with van der Waals surface area (Å²) in [5.41, 5.74) is 1.16. The highest BCUT2D eigenvalue weighted by atomic mass is 16.6. The summed E-state index contributed by atoms with van der Waals surface area (Å²) >= 11 is 0. The molecule has 3 aromatic rings. The third-order valence-electron chi connectivity index (χ3n) is 4.73.